The van der Waals surface area contributed by atoms with Crippen molar-refractivity contribution >= 4 is 23.6 Å². The van der Waals surface area contributed by atoms with Crippen LogP contribution >= 0.6 is 11.8 Å². The number of nitrogens with two attached hydrogens (primary N) is 1. The molecule has 1 amide bonds. The van der Waals surface area contributed by atoms with Crippen LogP contribution in [0.3, 0.4) is 0 Å². The average molecular weight is 283 g/mol. The molecule has 0 bridgehead atoms. The fraction of sp³-hybridized carbons (Fsp3) is 0.750. The van der Waals surface area contributed by atoms with Gasteiger partial charge in [-0.2, -0.15) is 4.98 Å². The summed E-state index contributed by atoms with van der Waals surface area (Å²) in [5, 5.41) is 10.1. The molecule has 6 nitrogen and oxygen atoms in total. The van der Waals surface area contributed by atoms with Crippen LogP contribution < -0.4 is 11.1 Å². The third-order valence-corrected chi connectivity index (χ3v) is 4.72. The van der Waals surface area contributed by atoms with Crippen molar-refractivity contribution in [2.45, 2.75) is 44.3 Å². The van der Waals surface area contributed by atoms with Crippen LogP contribution in [0.15, 0.2) is 5.16 Å². The Morgan fingerprint density at radius 3 is 3.00 bits per heavy atom. The second kappa shape index (κ2) is 6.27. The third kappa shape index (κ3) is 3.86. The van der Waals surface area contributed by atoms with Gasteiger partial charge in [-0.05, 0) is 18.3 Å². The standard InChI is InChI=1S/C12H21N5OS/c1-7-4-3-5-9(8(7)2)14-10(18)6-19-12-15-11(13)16-17-12/h7-9H,3-6H2,1-2H3,(H,14,18)(H3,13,15,16,17). The molecule has 1 fully saturated rings. The number of nitrogen functional groups attached to an aromatic ring is 1. The van der Waals surface area contributed by atoms with Crippen LogP contribution in [-0.4, -0.2) is 32.9 Å². The number of nitrogens with zero attached hydrogens (tertiary/aromatic N) is 2. The van der Waals surface area contributed by atoms with Gasteiger partial charge in [0.25, 0.3) is 0 Å². The van der Waals surface area contributed by atoms with Crippen molar-refractivity contribution in [1.82, 2.24) is 20.5 Å². The van der Waals surface area contributed by atoms with E-state index in [0.717, 1.165) is 6.42 Å². The number of carbonyl (C=O) groups is 1. The number of aromatic amines is 1. The van der Waals surface area contributed by atoms with Crippen LogP contribution in [-0.2, 0) is 4.79 Å². The molecule has 3 atom stereocenters. The van der Waals surface area contributed by atoms with E-state index in [2.05, 4.69) is 34.3 Å². The van der Waals surface area contributed by atoms with Crippen LogP contribution in [0, 0.1) is 11.8 Å². The summed E-state index contributed by atoms with van der Waals surface area (Å²) in [6.07, 6.45) is 3.54. The van der Waals surface area contributed by atoms with Crippen molar-refractivity contribution in [3.05, 3.63) is 0 Å². The lowest BCUT2D eigenvalue weighted by Gasteiger charge is -2.34. The molecule has 7 heteroatoms. The van der Waals surface area contributed by atoms with E-state index < -0.39 is 0 Å². The fourth-order valence-electron chi connectivity index (χ4n) is 2.49. The number of anilines is 1. The first kappa shape index (κ1) is 14.2. The second-order valence-electron chi connectivity index (χ2n) is 5.23. The minimum Gasteiger partial charge on any atom is -0.368 e. The number of rotatable bonds is 4. The van der Waals surface area contributed by atoms with E-state index in [4.69, 9.17) is 5.73 Å². The summed E-state index contributed by atoms with van der Waals surface area (Å²) >= 11 is 1.29. The minimum absolute atomic E-state index is 0.0410. The van der Waals surface area contributed by atoms with Crippen molar-refractivity contribution in [1.29, 1.82) is 0 Å². The fourth-order valence-corrected chi connectivity index (χ4v) is 3.10. The van der Waals surface area contributed by atoms with Gasteiger partial charge in [0.15, 0.2) is 0 Å². The molecule has 1 saturated carbocycles. The number of carbonyl (C=O) groups excluding carboxylic acids is 1. The summed E-state index contributed by atoms with van der Waals surface area (Å²) < 4.78 is 0. The molecular formula is C12H21N5OS. The molecule has 3 unspecified atom stereocenters. The van der Waals surface area contributed by atoms with E-state index in [-0.39, 0.29) is 11.9 Å². The summed E-state index contributed by atoms with van der Waals surface area (Å²) in [6.45, 7) is 4.48. The molecule has 0 radical (unpaired) electrons. The van der Waals surface area contributed by atoms with Gasteiger partial charge < -0.3 is 11.1 Å². The number of aromatic nitrogens is 3. The lowest BCUT2D eigenvalue weighted by Crippen LogP contribution is -2.44. The first-order valence-electron chi connectivity index (χ1n) is 6.66. The maximum atomic E-state index is 11.9. The van der Waals surface area contributed by atoms with Gasteiger partial charge in [0.2, 0.25) is 17.0 Å². The quantitative estimate of drug-likeness (QED) is 0.726. The Morgan fingerprint density at radius 2 is 2.32 bits per heavy atom. The number of nitrogens with one attached hydrogen (secondary N) is 2. The molecule has 1 aromatic rings. The molecule has 4 N–H and O–H groups in total. The molecule has 0 aromatic carbocycles. The van der Waals surface area contributed by atoms with Crippen LogP contribution in [0.5, 0.6) is 0 Å². The number of amides is 1. The highest BCUT2D eigenvalue weighted by Gasteiger charge is 2.28. The van der Waals surface area contributed by atoms with Gasteiger partial charge in [-0.3, -0.25) is 4.79 Å². The topological polar surface area (TPSA) is 96.7 Å². The van der Waals surface area contributed by atoms with Crippen LogP contribution in [0.1, 0.15) is 33.1 Å². The van der Waals surface area contributed by atoms with E-state index in [1.807, 2.05) is 0 Å². The van der Waals surface area contributed by atoms with Gasteiger partial charge in [-0.25, -0.2) is 5.10 Å². The zero-order valence-corrected chi connectivity index (χ0v) is 12.2. The average Bonchev–Trinajstić information content (AvgIpc) is 2.78. The zero-order chi connectivity index (χ0) is 13.8. The van der Waals surface area contributed by atoms with Crippen molar-refractivity contribution in [3.63, 3.8) is 0 Å². The molecule has 2 rings (SSSR count). The zero-order valence-electron chi connectivity index (χ0n) is 11.3. The predicted octanol–water partition coefficient (Wildman–Crippen LogP) is 1.42. The molecule has 19 heavy (non-hydrogen) atoms. The Hall–Kier alpha value is -1.24. The van der Waals surface area contributed by atoms with E-state index >= 15 is 0 Å². The molecule has 0 spiro atoms. The van der Waals surface area contributed by atoms with Crippen LogP contribution in [0.4, 0.5) is 5.95 Å². The predicted molar refractivity (Wildman–Crippen MR) is 75.6 cm³/mol. The number of thioether (sulfide) groups is 1. The minimum atomic E-state index is 0.0410. The molecule has 1 aliphatic carbocycles. The Labute approximate surface area is 117 Å². The normalized spacial score (nSPS) is 27.2. The first-order chi connectivity index (χ1) is 9.06. The highest BCUT2D eigenvalue weighted by atomic mass is 32.2. The SMILES string of the molecule is CC1CCCC(NC(=O)CSc2n[nH]c(N)n2)C1C. The molecule has 1 aromatic heterocycles. The number of hydrogen-bond donors (Lipinski definition) is 3. The molecule has 1 heterocycles. The molecule has 106 valence electrons. The van der Waals surface area contributed by atoms with Crippen molar-refractivity contribution < 1.29 is 4.79 Å². The highest BCUT2D eigenvalue weighted by Crippen LogP contribution is 2.29. The van der Waals surface area contributed by atoms with Gasteiger partial charge in [0.1, 0.15) is 0 Å². The molecule has 0 saturated heterocycles. The third-order valence-electron chi connectivity index (χ3n) is 3.87. The lowest BCUT2D eigenvalue weighted by atomic mass is 9.78. The van der Waals surface area contributed by atoms with Gasteiger partial charge in [0, 0.05) is 6.04 Å². The largest absolute Gasteiger partial charge is 0.368 e. The molecular weight excluding hydrogens is 262 g/mol. The maximum Gasteiger partial charge on any atom is 0.230 e. The maximum absolute atomic E-state index is 11.9. The van der Waals surface area contributed by atoms with Crippen molar-refractivity contribution in [2.24, 2.45) is 11.8 Å². The lowest BCUT2D eigenvalue weighted by molar-refractivity contribution is -0.120. The Morgan fingerprint density at radius 1 is 1.53 bits per heavy atom. The Bertz CT molecular complexity index is 436. The van der Waals surface area contributed by atoms with E-state index in [0.29, 0.717) is 28.8 Å². The van der Waals surface area contributed by atoms with Gasteiger partial charge in [0.05, 0.1) is 5.75 Å². The smallest absolute Gasteiger partial charge is 0.230 e. The summed E-state index contributed by atoms with van der Waals surface area (Å²) in [5.74, 6) is 1.87. The Balaban J connectivity index is 1.77. The molecule has 1 aliphatic rings. The summed E-state index contributed by atoms with van der Waals surface area (Å²) in [5.41, 5.74) is 5.42. The van der Waals surface area contributed by atoms with Crippen molar-refractivity contribution in [3.8, 4) is 0 Å². The van der Waals surface area contributed by atoms with Gasteiger partial charge >= 0.3 is 0 Å². The van der Waals surface area contributed by atoms with Crippen LogP contribution in [0.2, 0.25) is 0 Å². The van der Waals surface area contributed by atoms with E-state index in [1.165, 1.54) is 24.6 Å². The Kier molecular flexibility index (Phi) is 4.68. The van der Waals surface area contributed by atoms with Gasteiger partial charge in [-0.1, -0.05) is 38.5 Å². The second-order valence-corrected chi connectivity index (χ2v) is 6.18. The monoisotopic (exact) mass is 283 g/mol. The van der Waals surface area contributed by atoms with Crippen molar-refractivity contribution in [2.75, 3.05) is 11.5 Å². The highest BCUT2D eigenvalue weighted by molar-refractivity contribution is 7.99. The first-order valence-corrected chi connectivity index (χ1v) is 7.65. The van der Waals surface area contributed by atoms with Gasteiger partial charge in [-0.15, -0.1) is 5.10 Å². The summed E-state index contributed by atoms with van der Waals surface area (Å²) in [7, 11) is 0. The number of hydrogen-bond acceptors (Lipinski definition) is 5. The van der Waals surface area contributed by atoms with E-state index in [1.54, 1.807) is 0 Å². The number of H-pyrrole nitrogens is 1. The summed E-state index contributed by atoms with van der Waals surface area (Å²) in [6, 6.07) is 0.300. The molecule has 0 aliphatic heterocycles. The van der Waals surface area contributed by atoms with Crippen LogP contribution in [0.25, 0.3) is 0 Å². The van der Waals surface area contributed by atoms with E-state index in [9.17, 15) is 4.79 Å². The summed E-state index contributed by atoms with van der Waals surface area (Å²) in [4.78, 5) is 15.9.